The molecule has 2 N–H and O–H groups in total. The Morgan fingerprint density at radius 3 is 2.67 bits per heavy atom. The molecule has 2 amide bonds. The van der Waals surface area contributed by atoms with E-state index in [1.165, 1.54) is 11.6 Å². The van der Waals surface area contributed by atoms with Crippen LogP contribution >= 0.6 is 0 Å². The first kappa shape index (κ1) is 18.0. The van der Waals surface area contributed by atoms with E-state index in [4.69, 9.17) is 4.74 Å². The molecule has 2 aromatic carbocycles. The van der Waals surface area contributed by atoms with Crippen LogP contribution in [0.2, 0.25) is 0 Å². The lowest BCUT2D eigenvalue weighted by Gasteiger charge is -2.38. The summed E-state index contributed by atoms with van der Waals surface area (Å²) in [6.07, 6.45) is 3.17. The summed E-state index contributed by atoms with van der Waals surface area (Å²) in [6.45, 7) is 1.97. The molecule has 4 nitrogen and oxygen atoms in total. The highest BCUT2D eigenvalue weighted by atomic mass is 19.1. The van der Waals surface area contributed by atoms with Crippen LogP contribution < -0.4 is 10.6 Å². The van der Waals surface area contributed by atoms with Crippen molar-refractivity contribution >= 4 is 6.03 Å². The highest BCUT2D eigenvalue weighted by Crippen LogP contribution is 2.35. The Hall–Kier alpha value is -2.40. The Morgan fingerprint density at radius 2 is 1.89 bits per heavy atom. The summed E-state index contributed by atoms with van der Waals surface area (Å²) in [6, 6.07) is 15.1. The number of nitrogens with one attached hydrogen (secondary N) is 2. The summed E-state index contributed by atoms with van der Waals surface area (Å²) in [5, 5.41) is 6.09. The van der Waals surface area contributed by atoms with Crippen LogP contribution in [0.3, 0.4) is 0 Å². The average Bonchev–Trinajstić information content (AvgIpc) is 3.12. The second-order valence-electron chi connectivity index (χ2n) is 7.48. The first-order valence-corrected chi connectivity index (χ1v) is 9.63. The monoisotopic (exact) mass is 368 g/mol. The van der Waals surface area contributed by atoms with Gasteiger partial charge in [-0.05, 0) is 48.4 Å². The fourth-order valence-electron chi connectivity index (χ4n) is 4.34. The molecule has 1 atom stereocenters. The van der Waals surface area contributed by atoms with Crippen LogP contribution in [-0.2, 0) is 16.6 Å². The van der Waals surface area contributed by atoms with E-state index in [1.807, 2.05) is 24.3 Å². The number of benzene rings is 2. The maximum atomic E-state index is 13.9. The minimum Gasteiger partial charge on any atom is -0.381 e. The second kappa shape index (κ2) is 7.69. The molecule has 1 fully saturated rings. The smallest absolute Gasteiger partial charge is 0.315 e. The molecule has 0 aromatic heterocycles. The van der Waals surface area contributed by atoms with Crippen molar-refractivity contribution in [2.75, 3.05) is 19.8 Å². The van der Waals surface area contributed by atoms with Crippen LogP contribution in [0.1, 0.15) is 42.0 Å². The van der Waals surface area contributed by atoms with Gasteiger partial charge in [-0.1, -0.05) is 42.5 Å². The summed E-state index contributed by atoms with van der Waals surface area (Å²) in [5.74, 6) is -0.178. The summed E-state index contributed by atoms with van der Waals surface area (Å²) in [7, 11) is 0. The van der Waals surface area contributed by atoms with E-state index in [1.54, 1.807) is 6.07 Å². The molecule has 142 valence electrons. The van der Waals surface area contributed by atoms with Crippen molar-refractivity contribution in [1.82, 2.24) is 10.6 Å². The van der Waals surface area contributed by atoms with Crippen LogP contribution in [-0.4, -0.2) is 25.8 Å². The van der Waals surface area contributed by atoms with Crippen LogP contribution in [0, 0.1) is 5.82 Å². The molecule has 1 unspecified atom stereocenters. The Bertz CT molecular complexity index is 803. The van der Waals surface area contributed by atoms with Crippen molar-refractivity contribution < 1.29 is 13.9 Å². The van der Waals surface area contributed by atoms with E-state index in [0.29, 0.717) is 26.2 Å². The third-order valence-corrected chi connectivity index (χ3v) is 5.94. The molecule has 1 aliphatic carbocycles. The summed E-state index contributed by atoms with van der Waals surface area (Å²) >= 11 is 0. The van der Waals surface area contributed by atoms with Crippen molar-refractivity contribution in [2.24, 2.45) is 0 Å². The van der Waals surface area contributed by atoms with Crippen molar-refractivity contribution in [3.8, 4) is 0 Å². The number of halogens is 1. The Morgan fingerprint density at radius 1 is 1.11 bits per heavy atom. The van der Waals surface area contributed by atoms with Crippen molar-refractivity contribution in [2.45, 2.75) is 37.1 Å². The molecule has 27 heavy (non-hydrogen) atoms. The van der Waals surface area contributed by atoms with E-state index >= 15 is 0 Å². The molecule has 4 rings (SSSR count). The van der Waals surface area contributed by atoms with E-state index < -0.39 is 0 Å². The number of ether oxygens (including phenoxy) is 1. The number of hydrogen-bond acceptors (Lipinski definition) is 2. The zero-order valence-electron chi connectivity index (χ0n) is 15.3. The summed E-state index contributed by atoms with van der Waals surface area (Å²) in [4.78, 5) is 12.6. The number of carbonyl (C=O) groups is 1. The van der Waals surface area contributed by atoms with Crippen molar-refractivity contribution in [3.05, 3.63) is 71.0 Å². The van der Waals surface area contributed by atoms with Crippen molar-refractivity contribution in [3.63, 3.8) is 0 Å². The normalized spacial score (nSPS) is 20.7. The largest absolute Gasteiger partial charge is 0.381 e. The maximum absolute atomic E-state index is 13.9. The molecule has 0 bridgehead atoms. The number of rotatable bonds is 4. The lowest BCUT2D eigenvalue weighted by atomic mass is 9.74. The van der Waals surface area contributed by atoms with Crippen LogP contribution in [0.5, 0.6) is 0 Å². The summed E-state index contributed by atoms with van der Waals surface area (Å²) < 4.78 is 19.4. The van der Waals surface area contributed by atoms with Gasteiger partial charge in [0.15, 0.2) is 0 Å². The maximum Gasteiger partial charge on any atom is 0.315 e. The predicted octanol–water partition coefficient (Wildman–Crippen LogP) is 3.86. The molecular weight excluding hydrogens is 343 g/mol. The third kappa shape index (κ3) is 3.69. The molecule has 1 aliphatic heterocycles. The van der Waals surface area contributed by atoms with Gasteiger partial charge < -0.3 is 15.4 Å². The van der Waals surface area contributed by atoms with Crippen LogP contribution in [0.15, 0.2) is 48.5 Å². The van der Waals surface area contributed by atoms with Gasteiger partial charge in [0.2, 0.25) is 0 Å². The molecule has 0 saturated carbocycles. The first-order chi connectivity index (χ1) is 13.2. The molecule has 1 saturated heterocycles. The van der Waals surface area contributed by atoms with Crippen molar-refractivity contribution in [1.29, 1.82) is 0 Å². The standard InChI is InChI=1S/C22H25FN2O2/c23-19-8-4-7-18-17(19)9-10-20(18)25-21(26)24-15-22(11-13-27-14-12-22)16-5-2-1-3-6-16/h1-8,20H,9-15H2,(H2,24,25,26). The fraction of sp³-hybridized carbons (Fsp3) is 0.409. The highest BCUT2D eigenvalue weighted by molar-refractivity contribution is 5.75. The third-order valence-electron chi connectivity index (χ3n) is 5.94. The number of amides is 2. The first-order valence-electron chi connectivity index (χ1n) is 9.63. The topological polar surface area (TPSA) is 50.4 Å². The van der Waals surface area contributed by atoms with Gasteiger partial charge in [0.05, 0.1) is 6.04 Å². The number of urea groups is 1. The Balaban J connectivity index is 1.42. The van der Waals surface area contributed by atoms with Gasteiger partial charge >= 0.3 is 6.03 Å². The molecule has 0 spiro atoms. The number of hydrogen-bond donors (Lipinski definition) is 2. The molecule has 5 heteroatoms. The minimum absolute atomic E-state index is 0.101. The SMILES string of the molecule is O=C(NCC1(c2ccccc2)CCOCC1)NC1CCc2c(F)cccc21. The number of fused-ring (bicyclic) bond motifs is 1. The fourth-order valence-corrected chi connectivity index (χ4v) is 4.34. The quantitative estimate of drug-likeness (QED) is 0.861. The lowest BCUT2D eigenvalue weighted by Crippen LogP contribution is -2.47. The van der Waals surface area contributed by atoms with Gasteiger partial charge in [-0.3, -0.25) is 0 Å². The van der Waals surface area contributed by atoms with Gasteiger partial charge in [-0.25, -0.2) is 9.18 Å². The van der Waals surface area contributed by atoms with E-state index in [2.05, 4.69) is 22.8 Å². The summed E-state index contributed by atoms with van der Waals surface area (Å²) in [5.41, 5.74) is 2.76. The highest BCUT2D eigenvalue weighted by Gasteiger charge is 2.35. The lowest BCUT2D eigenvalue weighted by molar-refractivity contribution is 0.0506. The van der Waals surface area contributed by atoms with E-state index in [9.17, 15) is 9.18 Å². The van der Waals surface area contributed by atoms with E-state index in [0.717, 1.165) is 30.4 Å². The molecule has 0 radical (unpaired) electrons. The van der Waals surface area contributed by atoms with Gasteiger partial charge in [-0.15, -0.1) is 0 Å². The Kier molecular flexibility index (Phi) is 5.12. The zero-order chi connectivity index (χ0) is 18.7. The second-order valence-corrected chi connectivity index (χ2v) is 7.48. The van der Waals surface area contributed by atoms with Gasteiger partial charge in [0.1, 0.15) is 5.82 Å². The van der Waals surface area contributed by atoms with Gasteiger partial charge in [0.25, 0.3) is 0 Å². The molecule has 2 aliphatic rings. The molecule has 2 aromatic rings. The predicted molar refractivity (Wildman–Crippen MR) is 102 cm³/mol. The van der Waals surface area contributed by atoms with Gasteiger partial charge in [-0.2, -0.15) is 0 Å². The molecular formula is C22H25FN2O2. The zero-order valence-corrected chi connectivity index (χ0v) is 15.3. The minimum atomic E-state index is -0.195. The molecule has 1 heterocycles. The van der Waals surface area contributed by atoms with Crippen LogP contribution in [0.25, 0.3) is 0 Å². The number of carbonyl (C=O) groups excluding carboxylic acids is 1. The average molecular weight is 368 g/mol. The van der Waals surface area contributed by atoms with Crippen LogP contribution in [0.4, 0.5) is 9.18 Å². The van der Waals surface area contributed by atoms with E-state index in [-0.39, 0.29) is 23.3 Å². The Labute approximate surface area is 159 Å². The van der Waals surface area contributed by atoms with Gasteiger partial charge in [0, 0.05) is 25.2 Å².